The van der Waals surface area contributed by atoms with E-state index in [0.717, 1.165) is 23.2 Å². The molecule has 0 aliphatic carbocycles. The summed E-state index contributed by atoms with van der Waals surface area (Å²) < 4.78 is 2.22. The van der Waals surface area contributed by atoms with Gasteiger partial charge in [-0.2, -0.15) is 0 Å². The van der Waals surface area contributed by atoms with E-state index in [2.05, 4.69) is 70.9 Å². The average molecular weight is 445 g/mol. The number of thiocarbonyl (C=S) groups is 1. The Labute approximate surface area is 119 Å². The SMILES string of the molecule is CCSC(=S)N(CC)CC.ICI. The van der Waals surface area contributed by atoms with E-state index in [0.29, 0.717) is 0 Å². The highest BCUT2D eigenvalue weighted by Gasteiger charge is 2.02. The van der Waals surface area contributed by atoms with Gasteiger partial charge >= 0.3 is 0 Å². The van der Waals surface area contributed by atoms with Crippen molar-refractivity contribution in [1.82, 2.24) is 4.90 Å². The van der Waals surface area contributed by atoms with Crippen molar-refractivity contribution >= 4 is 73.5 Å². The Morgan fingerprint density at radius 2 is 1.62 bits per heavy atom. The smallest absolute Gasteiger partial charge is 0.136 e. The number of rotatable bonds is 3. The van der Waals surface area contributed by atoms with Crippen LogP contribution in [0.3, 0.4) is 0 Å². The molecule has 0 radical (unpaired) electrons. The van der Waals surface area contributed by atoms with E-state index in [1.165, 1.54) is 2.43 Å². The maximum atomic E-state index is 5.16. The van der Waals surface area contributed by atoms with Crippen molar-refractivity contribution in [2.75, 3.05) is 21.3 Å². The molecular formula is C8H17I2NS2. The topological polar surface area (TPSA) is 3.24 Å². The van der Waals surface area contributed by atoms with Crippen LogP contribution >= 0.6 is 69.2 Å². The van der Waals surface area contributed by atoms with Gasteiger partial charge in [0.25, 0.3) is 0 Å². The van der Waals surface area contributed by atoms with Crippen LogP contribution in [0.25, 0.3) is 0 Å². The minimum absolute atomic E-state index is 1.03. The maximum absolute atomic E-state index is 5.16. The number of nitrogens with zero attached hydrogens (tertiary/aromatic N) is 1. The van der Waals surface area contributed by atoms with Gasteiger partial charge in [0.1, 0.15) is 4.32 Å². The molecule has 0 aromatic heterocycles. The lowest BCUT2D eigenvalue weighted by molar-refractivity contribution is 0.482. The molecule has 0 fully saturated rings. The molecule has 0 saturated carbocycles. The largest absolute Gasteiger partial charge is 0.358 e. The van der Waals surface area contributed by atoms with Crippen LogP contribution in [0.1, 0.15) is 20.8 Å². The first-order valence-electron chi connectivity index (χ1n) is 4.21. The standard InChI is InChI=1S/C7H15NS2.CH2I2/c1-4-8(5-2)7(9)10-6-3;2-1-3/h4-6H2,1-3H3;1H2. The first kappa shape index (κ1) is 17.1. The van der Waals surface area contributed by atoms with Gasteiger partial charge in [-0.25, -0.2) is 0 Å². The predicted octanol–water partition coefficient (Wildman–Crippen LogP) is 4.18. The van der Waals surface area contributed by atoms with Gasteiger partial charge in [0.2, 0.25) is 0 Å². The van der Waals surface area contributed by atoms with Gasteiger partial charge in [-0.3, -0.25) is 0 Å². The van der Waals surface area contributed by atoms with Crippen LogP contribution in [-0.4, -0.2) is 30.5 Å². The molecule has 0 aromatic carbocycles. The van der Waals surface area contributed by atoms with Crippen molar-refractivity contribution in [3.63, 3.8) is 0 Å². The van der Waals surface area contributed by atoms with Crippen LogP contribution in [-0.2, 0) is 0 Å². The zero-order valence-electron chi connectivity index (χ0n) is 8.35. The molecular weight excluding hydrogens is 428 g/mol. The molecule has 0 amide bonds. The van der Waals surface area contributed by atoms with Crippen LogP contribution in [0, 0.1) is 0 Å². The minimum atomic E-state index is 1.03. The molecule has 0 rings (SSSR count). The molecule has 80 valence electrons. The highest BCUT2D eigenvalue weighted by molar-refractivity contribution is 14.2. The first-order chi connectivity index (χ1) is 6.17. The van der Waals surface area contributed by atoms with Gasteiger partial charge < -0.3 is 4.90 Å². The molecule has 0 aliphatic heterocycles. The van der Waals surface area contributed by atoms with Gasteiger partial charge in [0, 0.05) is 13.1 Å². The molecule has 0 aliphatic rings. The fraction of sp³-hybridized carbons (Fsp3) is 0.875. The van der Waals surface area contributed by atoms with Crippen LogP contribution in [0.4, 0.5) is 0 Å². The third-order valence-electron chi connectivity index (χ3n) is 1.29. The molecule has 0 aromatic rings. The molecule has 0 spiro atoms. The van der Waals surface area contributed by atoms with Crippen molar-refractivity contribution in [2.45, 2.75) is 20.8 Å². The number of thioether (sulfide) groups is 1. The zero-order valence-corrected chi connectivity index (χ0v) is 14.3. The van der Waals surface area contributed by atoms with E-state index >= 15 is 0 Å². The maximum Gasteiger partial charge on any atom is 0.136 e. The molecule has 0 unspecified atom stereocenters. The number of halogens is 2. The molecule has 13 heavy (non-hydrogen) atoms. The zero-order chi connectivity index (χ0) is 10.7. The summed E-state index contributed by atoms with van der Waals surface area (Å²) in [7, 11) is 0. The molecule has 0 N–H and O–H groups in total. The van der Waals surface area contributed by atoms with Crippen LogP contribution in [0.15, 0.2) is 0 Å². The normalized spacial score (nSPS) is 8.69. The Bertz CT molecular complexity index is 119. The summed E-state index contributed by atoms with van der Waals surface area (Å²) in [6.45, 7) is 8.45. The second-order valence-corrected chi connectivity index (χ2v) is 8.31. The summed E-state index contributed by atoms with van der Waals surface area (Å²) in [5, 5.41) is 0. The van der Waals surface area contributed by atoms with E-state index in [1.54, 1.807) is 11.8 Å². The summed E-state index contributed by atoms with van der Waals surface area (Å²) >= 11 is 11.5. The summed E-state index contributed by atoms with van der Waals surface area (Å²) in [5.41, 5.74) is 0. The van der Waals surface area contributed by atoms with Crippen molar-refractivity contribution in [3.05, 3.63) is 0 Å². The lowest BCUT2D eigenvalue weighted by atomic mass is 10.6. The highest BCUT2D eigenvalue weighted by atomic mass is 127. The lowest BCUT2D eigenvalue weighted by Crippen LogP contribution is -2.26. The van der Waals surface area contributed by atoms with Crippen LogP contribution in [0.5, 0.6) is 0 Å². The number of hydrogen-bond acceptors (Lipinski definition) is 2. The third-order valence-corrected chi connectivity index (χ3v) is 2.70. The second kappa shape index (κ2) is 13.7. The summed E-state index contributed by atoms with van der Waals surface area (Å²) in [6.07, 6.45) is 0. The van der Waals surface area contributed by atoms with Crippen molar-refractivity contribution in [2.24, 2.45) is 0 Å². The first-order valence-corrected chi connectivity index (χ1v) is 8.65. The molecule has 1 nitrogen and oxygen atoms in total. The summed E-state index contributed by atoms with van der Waals surface area (Å²) in [6, 6.07) is 0. The molecule has 0 heterocycles. The Morgan fingerprint density at radius 1 is 1.23 bits per heavy atom. The van der Waals surface area contributed by atoms with Crippen LogP contribution < -0.4 is 0 Å². The Morgan fingerprint density at radius 3 is 1.85 bits per heavy atom. The van der Waals surface area contributed by atoms with Crippen molar-refractivity contribution < 1.29 is 0 Å². The van der Waals surface area contributed by atoms with E-state index in [-0.39, 0.29) is 0 Å². The molecule has 5 heteroatoms. The Balaban J connectivity index is 0. The summed E-state index contributed by atoms with van der Waals surface area (Å²) in [5.74, 6) is 1.08. The Kier molecular flexibility index (Phi) is 18.0. The molecule has 0 atom stereocenters. The fourth-order valence-corrected chi connectivity index (χ4v) is 2.00. The van der Waals surface area contributed by atoms with Gasteiger partial charge in [0.05, 0.1) is 2.43 Å². The third kappa shape index (κ3) is 11.6. The fourth-order valence-electron chi connectivity index (χ4n) is 0.697. The lowest BCUT2D eigenvalue weighted by Gasteiger charge is -2.20. The minimum Gasteiger partial charge on any atom is -0.358 e. The number of alkyl halides is 2. The van der Waals surface area contributed by atoms with E-state index < -0.39 is 0 Å². The van der Waals surface area contributed by atoms with Crippen molar-refractivity contribution in [1.29, 1.82) is 0 Å². The van der Waals surface area contributed by atoms with Gasteiger partial charge in [0.15, 0.2) is 0 Å². The Hall–Kier alpha value is 1.70. The molecule has 0 saturated heterocycles. The van der Waals surface area contributed by atoms with Gasteiger partial charge in [-0.1, -0.05) is 76.1 Å². The second-order valence-electron chi connectivity index (χ2n) is 1.97. The van der Waals surface area contributed by atoms with Gasteiger partial charge in [-0.05, 0) is 19.6 Å². The number of hydrogen-bond donors (Lipinski definition) is 0. The van der Waals surface area contributed by atoms with E-state index in [4.69, 9.17) is 12.2 Å². The quantitative estimate of drug-likeness (QED) is 0.365. The highest BCUT2D eigenvalue weighted by Crippen LogP contribution is 2.07. The summed E-state index contributed by atoms with van der Waals surface area (Å²) in [4.78, 5) is 2.20. The van der Waals surface area contributed by atoms with Gasteiger partial charge in [-0.15, -0.1) is 0 Å². The average Bonchev–Trinajstić information content (AvgIpc) is 2.08. The van der Waals surface area contributed by atoms with Crippen molar-refractivity contribution in [3.8, 4) is 0 Å². The van der Waals surface area contributed by atoms with E-state index in [1.807, 2.05) is 0 Å². The van der Waals surface area contributed by atoms with Crippen LogP contribution in [0.2, 0.25) is 0 Å². The molecule has 0 bridgehead atoms. The predicted molar refractivity (Wildman–Crippen MR) is 86.6 cm³/mol. The van der Waals surface area contributed by atoms with E-state index in [9.17, 15) is 0 Å². The monoisotopic (exact) mass is 445 g/mol.